The summed E-state index contributed by atoms with van der Waals surface area (Å²) in [5, 5.41) is 3.01. The van der Waals surface area contributed by atoms with Gasteiger partial charge in [0.25, 0.3) is 0 Å². The molecule has 6 heteroatoms. The van der Waals surface area contributed by atoms with E-state index in [1.54, 1.807) is 7.11 Å². The number of rotatable bonds is 7. The first-order chi connectivity index (χ1) is 7.83. The number of sulfonamides is 1. The fourth-order valence-electron chi connectivity index (χ4n) is 2.14. The van der Waals surface area contributed by atoms with E-state index < -0.39 is 10.0 Å². The molecule has 0 aromatic heterocycles. The van der Waals surface area contributed by atoms with Crippen molar-refractivity contribution in [3.8, 4) is 0 Å². The molecule has 17 heavy (non-hydrogen) atoms. The van der Waals surface area contributed by atoms with Crippen molar-refractivity contribution in [2.24, 2.45) is 5.41 Å². The van der Waals surface area contributed by atoms with Crippen LogP contribution in [0.5, 0.6) is 0 Å². The summed E-state index contributed by atoms with van der Waals surface area (Å²) in [4.78, 5) is 0. The molecule has 0 amide bonds. The molecule has 0 saturated heterocycles. The van der Waals surface area contributed by atoms with Crippen molar-refractivity contribution in [2.45, 2.75) is 39.3 Å². The van der Waals surface area contributed by atoms with Crippen molar-refractivity contribution >= 4 is 10.0 Å². The van der Waals surface area contributed by atoms with Gasteiger partial charge in [0.1, 0.15) is 0 Å². The third kappa shape index (κ3) is 3.64. The van der Waals surface area contributed by atoms with Crippen LogP contribution in [0.4, 0.5) is 0 Å². The lowest BCUT2D eigenvalue weighted by atomic mass is 9.65. The van der Waals surface area contributed by atoms with E-state index in [-0.39, 0.29) is 23.3 Å². The standard InChI is InChI=1S/C11H24N2O3S/c1-5-12-6-7-17(14,15)13-9-8-10(16-4)11(9,2)3/h9-10,12-13H,5-8H2,1-4H3. The highest BCUT2D eigenvalue weighted by molar-refractivity contribution is 7.89. The van der Waals surface area contributed by atoms with Gasteiger partial charge in [0.05, 0.1) is 11.9 Å². The molecule has 0 spiro atoms. The Morgan fingerprint density at radius 1 is 1.41 bits per heavy atom. The Labute approximate surface area is 104 Å². The largest absolute Gasteiger partial charge is 0.381 e. The number of ether oxygens (including phenoxy) is 1. The van der Waals surface area contributed by atoms with Gasteiger partial charge in [-0.25, -0.2) is 13.1 Å². The summed E-state index contributed by atoms with van der Waals surface area (Å²) in [7, 11) is -1.52. The zero-order valence-corrected chi connectivity index (χ0v) is 11.9. The van der Waals surface area contributed by atoms with Crippen LogP contribution in [-0.4, -0.2) is 46.5 Å². The lowest BCUT2D eigenvalue weighted by Gasteiger charge is -2.51. The van der Waals surface area contributed by atoms with Crippen LogP contribution >= 0.6 is 0 Å². The molecule has 1 aliphatic rings. The molecule has 2 atom stereocenters. The Bertz CT molecular complexity index is 341. The van der Waals surface area contributed by atoms with Gasteiger partial charge in [0.15, 0.2) is 0 Å². The molecular weight excluding hydrogens is 240 g/mol. The summed E-state index contributed by atoms with van der Waals surface area (Å²) in [6.07, 6.45) is 0.896. The molecule has 5 nitrogen and oxygen atoms in total. The SMILES string of the molecule is CCNCCS(=O)(=O)NC1CC(OC)C1(C)C. The smallest absolute Gasteiger partial charge is 0.213 e. The van der Waals surface area contributed by atoms with Crippen LogP contribution in [0.1, 0.15) is 27.2 Å². The molecule has 0 aromatic rings. The van der Waals surface area contributed by atoms with E-state index >= 15 is 0 Å². The number of nitrogens with one attached hydrogen (secondary N) is 2. The maximum atomic E-state index is 11.8. The van der Waals surface area contributed by atoms with Crippen LogP contribution in [0.15, 0.2) is 0 Å². The highest BCUT2D eigenvalue weighted by Gasteiger charge is 2.49. The predicted octanol–water partition coefficient (Wildman–Crippen LogP) is 0.329. The van der Waals surface area contributed by atoms with Crippen LogP contribution in [0.2, 0.25) is 0 Å². The van der Waals surface area contributed by atoms with Crippen molar-refractivity contribution in [2.75, 3.05) is 26.0 Å². The van der Waals surface area contributed by atoms with E-state index in [0.29, 0.717) is 6.54 Å². The molecule has 0 aliphatic heterocycles. The van der Waals surface area contributed by atoms with Crippen molar-refractivity contribution in [1.29, 1.82) is 0 Å². The van der Waals surface area contributed by atoms with Gasteiger partial charge < -0.3 is 10.1 Å². The molecule has 1 saturated carbocycles. The Morgan fingerprint density at radius 2 is 2.06 bits per heavy atom. The van der Waals surface area contributed by atoms with Crippen LogP contribution in [0, 0.1) is 5.41 Å². The van der Waals surface area contributed by atoms with Crippen LogP contribution in [-0.2, 0) is 14.8 Å². The van der Waals surface area contributed by atoms with E-state index in [0.717, 1.165) is 13.0 Å². The highest BCUT2D eigenvalue weighted by Crippen LogP contribution is 2.42. The topological polar surface area (TPSA) is 67.4 Å². The van der Waals surface area contributed by atoms with Crippen molar-refractivity contribution in [3.05, 3.63) is 0 Å². The summed E-state index contributed by atoms with van der Waals surface area (Å²) in [6, 6.07) is -0.0147. The normalized spacial score (nSPS) is 27.8. The van der Waals surface area contributed by atoms with Gasteiger partial charge in [0, 0.05) is 25.1 Å². The molecule has 0 aromatic carbocycles. The molecule has 0 bridgehead atoms. The van der Waals surface area contributed by atoms with Crippen molar-refractivity contribution in [3.63, 3.8) is 0 Å². The molecule has 1 rings (SSSR count). The molecule has 2 N–H and O–H groups in total. The quantitative estimate of drug-likeness (QED) is 0.650. The summed E-state index contributed by atoms with van der Waals surface area (Å²) < 4.78 is 31.7. The second-order valence-corrected chi connectivity index (χ2v) is 7.00. The summed E-state index contributed by atoms with van der Waals surface area (Å²) in [6.45, 7) is 7.30. The third-order valence-electron chi connectivity index (χ3n) is 3.58. The molecule has 102 valence electrons. The Kier molecular flexibility index (Phi) is 4.95. The molecule has 0 radical (unpaired) electrons. The van der Waals surface area contributed by atoms with Gasteiger partial charge in [-0.15, -0.1) is 0 Å². The van der Waals surface area contributed by atoms with Crippen LogP contribution < -0.4 is 10.0 Å². The summed E-state index contributed by atoms with van der Waals surface area (Å²) in [5.41, 5.74) is -0.125. The highest BCUT2D eigenvalue weighted by atomic mass is 32.2. The molecule has 1 fully saturated rings. The maximum absolute atomic E-state index is 11.8. The van der Waals surface area contributed by atoms with E-state index in [1.165, 1.54) is 0 Å². The molecule has 0 heterocycles. The Hall–Kier alpha value is -0.170. The second kappa shape index (κ2) is 5.65. The van der Waals surface area contributed by atoms with Gasteiger partial charge in [-0.3, -0.25) is 0 Å². The fraction of sp³-hybridized carbons (Fsp3) is 1.00. The average Bonchev–Trinajstić information content (AvgIpc) is 2.24. The van der Waals surface area contributed by atoms with E-state index in [2.05, 4.69) is 10.0 Å². The maximum Gasteiger partial charge on any atom is 0.213 e. The van der Waals surface area contributed by atoms with Crippen LogP contribution in [0.25, 0.3) is 0 Å². The van der Waals surface area contributed by atoms with Gasteiger partial charge in [-0.05, 0) is 13.0 Å². The lowest BCUT2D eigenvalue weighted by Crippen LogP contribution is -2.62. The van der Waals surface area contributed by atoms with Gasteiger partial charge >= 0.3 is 0 Å². The first kappa shape index (κ1) is 14.9. The van der Waals surface area contributed by atoms with Gasteiger partial charge in [0.2, 0.25) is 10.0 Å². The zero-order chi connectivity index (χ0) is 13.1. The van der Waals surface area contributed by atoms with Crippen LogP contribution in [0.3, 0.4) is 0 Å². The molecule has 1 aliphatic carbocycles. The van der Waals surface area contributed by atoms with E-state index in [1.807, 2.05) is 20.8 Å². The van der Waals surface area contributed by atoms with E-state index in [9.17, 15) is 8.42 Å². The average molecular weight is 264 g/mol. The monoisotopic (exact) mass is 264 g/mol. The first-order valence-electron chi connectivity index (χ1n) is 6.07. The second-order valence-electron chi connectivity index (χ2n) is 5.12. The minimum atomic E-state index is -3.18. The number of hydrogen-bond donors (Lipinski definition) is 2. The van der Waals surface area contributed by atoms with Gasteiger partial charge in [-0.1, -0.05) is 20.8 Å². The van der Waals surface area contributed by atoms with Gasteiger partial charge in [-0.2, -0.15) is 0 Å². The van der Waals surface area contributed by atoms with Crippen molar-refractivity contribution in [1.82, 2.24) is 10.0 Å². The molecule has 2 unspecified atom stereocenters. The third-order valence-corrected chi connectivity index (χ3v) is 4.97. The minimum absolute atomic E-state index is 0.0147. The summed E-state index contributed by atoms with van der Waals surface area (Å²) in [5.74, 6) is 0.130. The van der Waals surface area contributed by atoms with E-state index in [4.69, 9.17) is 4.74 Å². The number of hydrogen-bond acceptors (Lipinski definition) is 4. The van der Waals surface area contributed by atoms with Crippen molar-refractivity contribution < 1.29 is 13.2 Å². The fourth-order valence-corrected chi connectivity index (χ4v) is 3.51. The molecular formula is C11H24N2O3S. The zero-order valence-electron chi connectivity index (χ0n) is 11.1. The minimum Gasteiger partial charge on any atom is -0.381 e. The first-order valence-corrected chi connectivity index (χ1v) is 7.72. The summed E-state index contributed by atoms with van der Waals surface area (Å²) >= 11 is 0. The Balaban J connectivity index is 2.45. The Morgan fingerprint density at radius 3 is 2.53 bits per heavy atom. The number of methoxy groups -OCH3 is 1. The predicted molar refractivity (Wildman–Crippen MR) is 68.4 cm³/mol. The lowest BCUT2D eigenvalue weighted by molar-refractivity contribution is -0.0908.